The van der Waals surface area contributed by atoms with Crippen LogP contribution in [-0.2, 0) is 80.8 Å². The fourth-order valence-electron chi connectivity index (χ4n) is 11.3. The van der Waals surface area contributed by atoms with Gasteiger partial charge in [-0.25, -0.2) is 19.3 Å². The van der Waals surface area contributed by atoms with E-state index >= 15 is 0 Å². The number of carbonyl (C=O) groups is 6. The highest BCUT2D eigenvalue weighted by Crippen LogP contribution is 2.34. The van der Waals surface area contributed by atoms with Gasteiger partial charge in [0.2, 0.25) is 23.6 Å². The minimum Gasteiger partial charge on any atom is -0.423 e. The summed E-state index contributed by atoms with van der Waals surface area (Å²) in [5.41, 5.74) is 15.8. The highest BCUT2D eigenvalue weighted by Gasteiger charge is 2.25. The lowest BCUT2D eigenvalue weighted by Crippen LogP contribution is -2.30. The maximum absolute atomic E-state index is 12.9. The molecule has 2 fully saturated rings. The van der Waals surface area contributed by atoms with Gasteiger partial charge in [0.15, 0.2) is 11.3 Å². The summed E-state index contributed by atoms with van der Waals surface area (Å²) in [5.74, 6) is -0.702. The SMILES string of the molecule is CCc1nc2c(cnn2CC)c(NC2CCOCC2)c1CNC(=O)CCC(=O)NCc1ccc(C)c(-c2cccc(C=O)c2)c1.CCc1nc2c(cnn2CC)c(NC2CCOCC2)c1CNC(=O)CCC(=O)NCc1ccc(C)c(Br)c1.Cc1ccc(B(O)O)cc1C=O. The van der Waals surface area contributed by atoms with Crippen LogP contribution in [-0.4, -0.2) is 121 Å². The van der Waals surface area contributed by atoms with Gasteiger partial charge in [0, 0.05) is 142 Å². The second-order valence-corrected chi connectivity index (χ2v) is 24.5. The molecule has 0 spiro atoms. The minimum atomic E-state index is -1.51. The van der Waals surface area contributed by atoms with E-state index in [-0.39, 0.29) is 61.4 Å². The van der Waals surface area contributed by atoms with Crippen LogP contribution in [0.2, 0.25) is 0 Å². The molecule has 22 nitrogen and oxygen atoms in total. The molecule has 2 aliphatic heterocycles. The van der Waals surface area contributed by atoms with Crippen molar-refractivity contribution in [2.24, 2.45) is 0 Å². The number of ether oxygens (including phenoxy) is 2. The van der Waals surface area contributed by atoms with Gasteiger partial charge in [-0.15, -0.1) is 0 Å². The molecule has 4 aromatic heterocycles. The van der Waals surface area contributed by atoms with Crippen molar-refractivity contribution in [2.75, 3.05) is 37.1 Å². The number of pyridine rings is 2. The summed E-state index contributed by atoms with van der Waals surface area (Å²) in [7, 11) is -1.51. The molecular formula is C71H88BBrN12O10. The number of hydrogen-bond acceptors (Lipinski definition) is 16. The number of rotatable bonds is 26. The molecule has 4 aromatic carbocycles. The zero-order valence-corrected chi connectivity index (χ0v) is 57.0. The van der Waals surface area contributed by atoms with E-state index in [4.69, 9.17) is 29.5 Å². The Bertz CT molecular complexity index is 3980. The van der Waals surface area contributed by atoms with Gasteiger partial charge in [-0.3, -0.25) is 28.8 Å². The molecule has 10 rings (SSSR count). The van der Waals surface area contributed by atoms with Crippen molar-refractivity contribution in [1.82, 2.24) is 50.8 Å². The average Bonchev–Trinajstić information content (AvgIpc) is 1.69. The molecule has 0 aliphatic carbocycles. The Hall–Kier alpha value is -8.68. The number of nitrogens with one attached hydrogen (secondary N) is 6. The quantitative estimate of drug-likeness (QED) is 0.0185. The largest absolute Gasteiger partial charge is 0.488 e. The average molecular weight is 1360 g/mol. The summed E-state index contributed by atoms with van der Waals surface area (Å²) in [6.45, 7) is 19.8. The van der Waals surface area contributed by atoms with Gasteiger partial charge in [0.05, 0.1) is 34.5 Å². The summed E-state index contributed by atoms with van der Waals surface area (Å²) in [6, 6.07) is 24.7. The van der Waals surface area contributed by atoms with Crippen LogP contribution in [0.3, 0.4) is 0 Å². The van der Waals surface area contributed by atoms with Crippen molar-refractivity contribution in [1.29, 1.82) is 0 Å². The van der Waals surface area contributed by atoms with Crippen molar-refractivity contribution in [3.05, 3.63) is 157 Å². The second-order valence-electron chi connectivity index (χ2n) is 23.7. The molecule has 0 bridgehead atoms. The summed E-state index contributed by atoms with van der Waals surface area (Å²) >= 11 is 3.52. The van der Waals surface area contributed by atoms with Gasteiger partial charge in [0.25, 0.3) is 0 Å². The van der Waals surface area contributed by atoms with Crippen LogP contribution in [0.1, 0.15) is 150 Å². The van der Waals surface area contributed by atoms with Crippen LogP contribution >= 0.6 is 15.9 Å². The Labute approximate surface area is 563 Å². The smallest absolute Gasteiger partial charge is 0.423 e. The third kappa shape index (κ3) is 19.9. The van der Waals surface area contributed by atoms with E-state index in [1.54, 1.807) is 25.1 Å². The van der Waals surface area contributed by atoms with E-state index in [0.29, 0.717) is 55.5 Å². The first kappa shape index (κ1) is 72.2. The Kier molecular flexibility index (Phi) is 27.1. The molecule has 6 heterocycles. The van der Waals surface area contributed by atoms with Crippen LogP contribution in [0.4, 0.5) is 11.4 Å². The fraction of sp³-hybridized carbons (Fsp3) is 0.408. The Morgan fingerprint density at radius 3 is 1.48 bits per heavy atom. The molecule has 2 aliphatic rings. The number of aromatic nitrogens is 6. The Morgan fingerprint density at radius 1 is 0.579 bits per heavy atom. The summed E-state index contributed by atoms with van der Waals surface area (Å²) in [4.78, 5) is 82.2. The third-order valence-corrected chi connectivity index (χ3v) is 17.9. The summed E-state index contributed by atoms with van der Waals surface area (Å²) in [5, 5.41) is 47.9. The number of carbonyl (C=O) groups excluding carboxylic acids is 6. The zero-order chi connectivity index (χ0) is 68.0. The minimum absolute atomic E-state index is 0.0804. The number of aldehydes is 2. The summed E-state index contributed by atoms with van der Waals surface area (Å²) in [6.07, 6.45) is 10.8. The number of amides is 4. The van der Waals surface area contributed by atoms with Gasteiger partial charge in [-0.2, -0.15) is 10.2 Å². The molecule has 24 heteroatoms. The normalized spacial score (nSPS) is 13.2. The number of halogens is 1. The number of hydrogen-bond donors (Lipinski definition) is 8. The van der Waals surface area contributed by atoms with Crippen molar-refractivity contribution >= 4 is 98.2 Å². The summed E-state index contributed by atoms with van der Waals surface area (Å²) < 4.78 is 15.9. The van der Waals surface area contributed by atoms with Crippen molar-refractivity contribution in [3.63, 3.8) is 0 Å². The van der Waals surface area contributed by atoms with Gasteiger partial charge >= 0.3 is 7.12 Å². The monoisotopic (exact) mass is 1360 g/mol. The predicted octanol–water partition coefficient (Wildman–Crippen LogP) is 8.98. The Morgan fingerprint density at radius 2 is 1.04 bits per heavy atom. The first-order valence-corrected chi connectivity index (χ1v) is 33.5. The van der Waals surface area contributed by atoms with E-state index in [1.807, 2.05) is 97.1 Å². The topological polar surface area (TPSA) is 295 Å². The molecular weight excluding hydrogens is 1270 g/mol. The molecule has 4 amide bonds. The molecule has 0 saturated carbocycles. The van der Waals surface area contributed by atoms with Gasteiger partial charge in [0.1, 0.15) is 12.6 Å². The van der Waals surface area contributed by atoms with Crippen molar-refractivity contribution in [2.45, 2.75) is 164 Å². The predicted molar refractivity (Wildman–Crippen MR) is 373 cm³/mol. The molecule has 8 N–H and O–H groups in total. The van der Waals surface area contributed by atoms with Crippen LogP contribution in [0.5, 0.6) is 0 Å². The molecule has 2 saturated heterocycles. The van der Waals surface area contributed by atoms with Crippen LogP contribution in [0, 0.1) is 20.8 Å². The highest BCUT2D eigenvalue weighted by atomic mass is 79.9. The van der Waals surface area contributed by atoms with Crippen LogP contribution in [0.25, 0.3) is 33.2 Å². The molecule has 8 aromatic rings. The first-order valence-electron chi connectivity index (χ1n) is 32.8. The first-order chi connectivity index (χ1) is 45.9. The van der Waals surface area contributed by atoms with Crippen molar-refractivity contribution in [3.8, 4) is 11.1 Å². The van der Waals surface area contributed by atoms with Crippen LogP contribution < -0.4 is 37.4 Å². The maximum Gasteiger partial charge on any atom is 0.488 e. The lowest BCUT2D eigenvalue weighted by atomic mass is 9.79. The number of nitrogens with zero attached hydrogens (tertiary/aromatic N) is 6. The zero-order valence-electron chi connectivity index (χ0n) is 55.4. The molecule has 95 heavy (non-hydrogen) atoms. The number of anilines is 2. The van der Waals surface area contributed by atoms with Gasteiger partial charge in [-0.05, 0) is 136 Å². The second kappa shape index (κ2) is 35.7. The molecule has 0 unspecified atom stereocenters. The maximum atomic E-state index is 12.9. The van der Waals surface area contributed by atoms with E-state index in [9.17, 15) is 28.8 Å². The van der Waals surface area contributed by atoms with E-state index in [2.05, 4.69) is 78.8 Å². The molecule has 502 valence electrons. The molecule has 0 atom stereocenters. The number of fused-ring (bicyclic) bond motifs is 2. The molecule has 0 radical (unpaired) electrons. The van der Waals surface area contributed by atoms with Crippen molar-refractivity contribution < 1.29 is 48.3 Å². The lowest BCUT2D eigenvalue weighted by molar-refractivity contribution is -0.126. The fourth-order valence-corrected chi connectivity index (χ4v) is 11.8. The third-order valence-electron chi connectivity index (χ3n) is 17.0. The number of aryl methyl sites for hydroxylation is 7. The van der Waals surface area contributed by atoms with E-state index < -0.39 is 7.12 Å². The number of benzene rings is 4. The van der Waals surface area contributed by atoms with Crippen LogP contribution in [0.15, 0.2) is 95.7 Å². The van der Waals surface area contributed by atoms with E-state index in [0.717, 1.165) is 177 Å². The lowest BCUT2D eigenvalue weighted by Gasteiger charge is -2.26. The van der Waals surface area contributed by atoms with Gasteiger partial charge < -0.3 is 51.4 Å². The van der Waals surface area contributed by atoms with Gasteiger partial charge in [-0.1, -0.05) is 90.4 Å². The van der Waals surface area contributed by atoms with E-state index in [1.165, 1.54) is 6.07 Å². The Balaban J connectivity index is 0.000000209. The highest BCUT2D eigenvalue weighted by molar-refractivity contribution is 9.10. The standard InChI is InChI=1S/C35H42N6O4.C28H37BrN6O3.C8H9BO3/c1-4-31-29(34(39-27-13-15-45-16-14-27)30-21-38-41(5-2)35(30)40-31)20-37-33(44)12-11-32(43)36-19-24-10-9-23(3)28(18-24)26-8-6-7-25(17-26)22-42;1-4-24-21(16-31-26(37)9-8-25(36)30-15-19-7-6-18(3)23(29)14-19)27(33-20-10-12-38-13-11-20)22-17-32-35(5-2)28(22)34-24;1-6-2-3-8(9(11)12)4-7(6)5-10/h6-10,17-18,21-22,27H,4-5,11-16,19-20H2,1-3H3,(H,36,43)(H,37,44)(H,39,40);6-7,14,17,20H,4-5,8-13,15-16H2,1-3H3,(H,30,36)(H,31,37)(H,33,34);2-5,11-12H,1H3.